The van der Waals surface area contributed by atoms with Crippen LogP contribution in [0, 0.1) is 12.8 Å². The van der Waals surface area contributed by atoms with E-state index in [9.17, 15) is 0 Å². The van der Waals surface area contributed by atoms with Gasteiger partial charge in [-0.05, 0) is 72.8 Å². The van der Waals surface area contributed by atoms with Crippen molar-refractivity contribution in [2.24, 2.45) is 13.0 Å². The Bertz CT molecular complexity index is 678. The monoisotopic (exact) mass is 479 g/mol. The van der Waals surface area contributed by atoms with Gasteiger partial charge >= 0.3 is 0 Å². The number of benzene rings is 1. The molecule has 2 aliphatic rings. The first kappa shape index (κ1) is 31.6. The normalized spacial score (nSPS) is 19.8. The number of nitrogens with zero attached hydrogens (tertiary/aromatic N) is 5. The highest BCUT2D eigenvalue weighted by Gasteiger charge is 2.24. The number of tetrazole rings is 1. The molecular weight excluding hydrogens is 430 g/mol. The van der Waals surface area contributed by atoms with Crippen molar-refractivity contribution in [3.63, 3.8) is 0 Å². The zero-order valence-corrected chi connectivity index (χ0v) is 23.5. The predicted molar refractivity (Wildman–Crippen MR) is 142 cm³/mol. The van der Waals surface area contributed by atoms with E-state index in [1.54, 1.807) is 16.4 Å². The summed E-state index contributed by atoms with van der Waals surface area (Å²) in [5.74, 6) is 0.970. The van der Waals surface area contributed by atoms with Crippen LogP contribution in [0.15, 0.2) is 34.3 Å². The van der Waals surface area contributed by atoms with Crippen LogP contribution < -0.4 is 0 Å². The van der Waals surface area contributed by atoms with Crippen molar-refractivity contribution in [2.75, 3.05) is 26.3 Å². The Hall–Kier alpha value is -1.44. The third kappa shape index (κ3) is 12.6. The Morgan fingerprint density at radius 2 is 1.42 bits per heavy atom. The van der Waals surface area contributed by atoms with E-state index in [4.69, 9.17) is 4.74 Å². The van der Waals surface area contributed by atoms with Gasteiger partial charge in [-0.2, -0.15) is 0 Å². The lowest BCUT2D eigenvalue weighted by Gasteiger charge is -2.38. The Balaban J connectivity index is 0.000000508. The van der Waals surface area contributed by atoms with Crippen LogP contribution in [-0.4, -0.2) is 57.5 Å². The SMILES string of the molecule is CC.CC.CC.CC1CCC(N2CCOCC2)CC1.Cc1ccc(Sc2nnnn2C)cc1. The molecule has 4 rings (SSSR count). The van der Waals surface area contributed by atoms with E-state index in [-0.39, 0.29) is 0 Å². The molecule has 0 amide bonds. The Labute approximate surface area is 207 Å². The summed E-state index contributed by atoms with van der Waals surface area (Å²) >= 11 is 1.56. The molecule has 1 saturated carbocycles. The summed E-state index contributed by atoms with van der Waals surface area (Å²) in [4.78, 5) is 3.78. The third-order valence-electron chi connectivity index (χ3n) is 5.36. The summed E-state index contributed by atoms with van der Waals surface area (Å²) in [6.45, 7) is 20.7. The van der Waals surface area contributed by atoms with Crippen molar-refractivity contribution in [1.82, 2.24) is 25.1 Å². The first-order valence-electron chi connectivity index (χ1n) is 12.9. The minimum absolute atomic E-state index is 0.800. The quantitative estimate of drug-likeness (QED) is 0.491. The molecule has 0 radical (unpaired) electrons. The number of hydrogen-bond donors (Lipinski definition) is 0. The second-order valence-corrected chi connectivity index (χ2v) is 8.60. The minimum Gasteiger partial charge on any atom is -0.379 e. The van der Waals surface area contributed by atoms with Crippen LogP contribution in [0.3, 0.4) is 0 Å². The van der Waals surface area contributed by atoms with Gasteiger partial charge in [-0.3, -0.25) is 4.90 Å². The largest absolute Gasteiger partial charge is 0.379 e. The lowest BCUT2D eigenvalue weighted by atomic mass is 9.86. The van der Waals surface area contributed by atoms with E-state index in [2.05, 4.69) is 58.5 Å². The van der Waals surface area contributed by atoms with Gasteiger partial charge in [0.25, 0.3) is 0 Å². The molecule has 1 saturated heterocycles. The summed E-state index contributed by atoms with van der Waals surface area (Å²) in [7, 11) is 1.83. The van der Waals surface area contributed by atoms with Crippen molar-refractivity contribution in [3.8, 4) is 0 Å². The molecule has 0 bridgehead atoms. The van der Waals surface area contributed by atoms with Crippen LogP contribution in [0.5, 0.6) is 0 Å². The van der Waals surface area contributed by atoms with Crippen molar-refractivity contribution in [1.29, 1.82) is 0 Å². The summed E-state index contributed by atoms with van der Waals surface area (Å²) in [6.07, 6.45) is 5.70. The Morgan fingerprint density at radius 1 is 0.879 bits per heavy atom. The summed E-state index contributed by atoms with van der Waals surface area (Å²) in [6, 6.07) is 9.15. The highest BCUT2D eigenvalue weighted by Crippen LogP contribution is 2.27. The number of aryl methyl sites for hydroxylation is 2. The standard InChI is InChI=1S/C11H21NO.C9H10N4S.3C2H6/c1-10-2-4-11(5-3-10)12-6-8-13-9-7-12;1-7-3-5-8(6-4-7)14-9-10-11-12-13(9)2;3*1-2/h10-11H,2-9H2,1H3;3-6H,1-2H3;3*1-2H3. The fourth-order valence-electron chi connectivity index (χ4n) is 3.57. The first-order valence-corrected chi connectivity index (χ1v) is 13.7. The molecule has 0 N–H and O–H groups in total. The molecule has 1 aromatic heterocycles. The van der Waals surface area contributed by atoms with Crippen molar-refractivity contribution >= 4 is 11.8 Å². The predicted octanol–water partition coefficient (Wildman–Crippen LogP) is 6.65. The van der Waals surface area contributed by atoms with E-state index >= 15 is 0 Å². The average molecular weight is 480 g/mol. The van der Waals surface area contributed by atoms with Gasteiger partial charge < -0.3 is 4.74 Å². The fourth-order valence-corrected chi connectivity index (χ4v) is 4.30. The highest BCUT2D eigenvalue weighted by atomic mass is 32.2. The highest BCUT2D eigenvalue weighted by molar-refractivity contribution is 7.99. The second-order valence-electron chi connectivity index (χ2n) is 7.56. The lowest BCUT2D eigenvalue weighted by molar-refractivity contribution is 0.00559. The van der Waals surface area contributed by atoms with Crippen molar-refractivity contribution in [2.45, 2.75) is 97.2 Å². The van der Waals surface area contributed by atoms with Crippen LogP contribution in [-0.2, 0) is 11.8 Å². The summed E-state index contributed by atoms with van der Waals surface area (Å²) in [5, 5.41) is 12.0. The number of hydrogen-bond acceptors (Lipinski definition) is 6. The van der Waals surface area contributed by atoms with Crippen molar-refractivity contribution < 1.29 is 4.74 Å². The first-order chi connectivity index (χ1) is 16.1. The third-order valence-corrected chi connectivity index (χ3v) is 6.40. The smallest absolute Gasteiger partial charge is 0.213 e. The van der Waals surface area contributed by atoms with E-state index < -0.39 is 0 Å². The van der Waals surface area contributed by atoms with Crippen LogP contribution in [0.1, 0.15) is 79.7 Å². The molecule has 7 heteroatoms. The van der Waals surface area contributed by atoms with Gasteiger partial charge in [0.15, 0.2) is 0 Å². The number of morpholine rings is 1. The van der Waals surface area contributed by atoms with E-state index in [1.165, 1.54) is 44.3 Å². The van der Waals surface area contributed by atoms with Gasteiger partial charge in [0.05, 0.1) is 13.2 Å². The van der Waals surface area contributed by atoms with Crippen LogP contribution in [0.2, 0.25) is 0 Å². The van der Waals surface area contributed by atoms with E-state index in [0.29, 0.717) is 0 Å². The molecule has 190 valence electrons. The minimum atomic E-state index is 0.800. The topological polar surface area (TPSA) is 56.1 Å². The van der Waals surface area contributed by atoms with Gasteiger partial charge in [-0.15, -0.1) is 5.10 Å². The lowest BCUT2D eigenvalue weighted by Crippen LogP contribution is -2.44. The average Bonchev–Trinajstić information content (AvgIpc) is 3.30. The zero-order valence-electron chi connectivity index (χ0n) is 22.7. The van der Waals surface area contributed by atoms with Gasteiger partial charge in [-0.1, -0.05) is 66.2 Å². The van der Waals surface area contributed by atoms with Crippen molar-refractivity contribution in [3.05, 3.63) is 29.8 Å². The van der Waals surface area contributed by atoms with E-state index in [1.807, 2.05) is 48.6 Å². The maximum absolute atomic E-state index is 5.37. The zero-order chi connectivity index (χ0) is 25.1. The maximum atomic E-state index is 5.37. The molecule has 2 fully saturated rings. The molecule has 2 aromatic rings. The van der Waals surface area contributed by atoms with Crippen LogP contribution >= 0.6 is 11.8 Å². The molecule has 2 heterocycles. The Morgan fingerprint density at radius 3 is 1.91 bits per heavy atom. The Kier molecular flexibility index (Phi) is 19.1. The number of rotatable bonds is 3. The fraction of sp³-hybridized carbons (Fsp3) is 0.731. The molecule has 1 aliphatic heterocycles. The van der Waals surface area contributed by atoms with Gasteiger partial charge in [0.2, 0.25) is 5.16 Å². The van der Waals surface area contributed by atoms with Gasteiger partial charge in [-0.25, -0.2) is 4.68 Å². The van der Waals surface area contributed by atoms with Gasteiger partial charge in [0.1, 0.15) is 0 Å². The molecular formula is C26H49N5OS. The maximum Gasteiger partial charge on any atom is 0.213 e. The second kappa shape index (κ2) is 20.0. The number of aromatic nitrogens is 4. The molecule has 33 heavy (non-hydrogen) atoms. The van der Waals surface area contributed by atoms with Gasteiger partial charge in [0, 0.05) is 31.1 Å². The van der Waals surface area contributed by atoms with Crippen LogP contribution in [0.4, 0.5) is 0 Å². The van der Waals surface area contributed by atoms with E-state index in [0.717, 1.165) is 35.2 Å². The summed E-state index contributed by atoms with van der Waals surface area (Å²) < 4.78 is 7.03. The molecule has 6 nitrogen and oxygen atoms in total. The molecule has 0 spiro atoms. The molecule has 0 atom stereocenters. The summed E-state index contributed by atoms with van der Waals surface area (Å²) in [5.41, 5.74) is 1.26. The molecule has 1 aromatic carbocycles. The molecule has 0 unspecified atom stereocenters. The number of ether oxygens (including phenoxy) is 1. The molecule has 1 aliphatic carbocycles. The van der Waals surface area contributed by atoms with Crippen LogP contribution in [0.25, 0.3) is 0 Å².